The van der Waals surface area contributed by atoms with Gasteiger partial charge in [-0.05, 0) is 12.0 Å². The zero-order chi connectivity index (χ0) is 12.8. The van der Waals surface area contributed by atoms with Gasteiger partial charge in [-0.2, -0.15) is 0 Å². The molecule has 0 amide bonds. The number of nitrogens with zero attached hydrogens (tertiary/aromatic N) is 3. The number of aryl methyl sites for hydroxylation is 1. The number of aromatic nitrogens is 3. The summed E-state index contributed by atoms with van der Waals surface area (Å²) >= 11 is 0. The molecule has 0 saturated carbocycles. The maximum atomic E-state index is 4.76. The summed E-state index contributed by atoms with van der Waals surface area (Å²) in [7, 11) is 2.03. The van der Waals surface area contributed by atoms with Crippen LogP contribution in [0.2, 0.25) is 0 Å². The highest BCUT2D eigenvalue weighted by molar-refractivity contribution is 5.79. The minimum atomic E-state index is -0.0118. The van der Waals surface area contributed by atoms with Crippen LogP contribution in [-0.4, -0.2) is 14.5 Å². The van der Waals surface area contributed by atoms with Crippen molar-refractivity contribution in [2.45, 2.75) is 46.0 Å². The Morgan fingerprint density at radius 2 is 1.82 bits per heavy atom. The minimum Gasteiger partial charge on any atom is -0.335 e. The molecular weight excluding hydrogens is 210 g/mol. The van der Waals surface area contributed by atoms with Gasteiger partial charge < -0.3 is 4.57 Å². The lowest BCUT2D eigenvalue weighted by molar-refractivity contribution is 0.541. The molecule has 3 nitrogen and oxygen atoms in total. The van der Waals surface area contributed by atoms with E-state index in [1.807, 2.05) is 7.05 Å². The lowest BCUT2D eigenvalue weighted by Gasteiger charge is -2.19. The van der Waals surface area contributed by atoms with Crippen LogP contribution in [0.15, 0.2) is 12.3 Å². The summed E-state index contributed by atoms with van der Waals surface area (Å²) in [5.74, 6) is 1.35. The van der Waals surface area contributed by atoms with E-state index in [-0.39, 0.29) is 5.41 Å². The topological polar surface area (TPSA) is 30.7 Å². The Labute approximate surface area is 103 Å². The second kappa shape index (κ2) is 3.83. The first-order valence-corrected chi connectivity index (χ1v) is 6.14. The average molecular weight is 231 g/mol. The summed E-state index contributed by atoms with van der Waals surface area (Å²) in [6, 6.07) is 2.11. The van der Waals surface area contributed by atoms with Gasteiger partial charge in [0.1, 0.15) is 11.5 Å². The van der Waals surface area contributed by atoms with Crippen molar-refractivity contribution in [2.24, 2.45) is 7.05 Å². The molecule has 0 unspecified atom stereocenters. The molecule has 0 aromatic carbocycles. The fraction of sp³-hybridized carbons (Fsp3) is 0.571. The van der Waals surface area contributed by atoms with Crippen LogP contribution in [0.1, 0.15) is 52.1 Å². The van der Waals surface area contributed by atoms with Crippen LogP contribution in [0.4, 0.5) is 0 Å². The molecule has 0 fully saturated rings. The molecular formula is C14H21N3. The first kappa shape index (κ1) is 12.1. The van der Waals surface area contributed by atoms with Gasteiger partial charge in [0.2, 0.25) is 0 Å². The molecule has 0 spiro atoms. The smallest absolute Gasteiger partial charge is 0.143 e. The van der Waals surface area contributed by atoms with E-state index in [1.165, 1.54) is 5.39 Å². The van der Waals surface area contributed by atoms with Gasteiger partial charge in [0, 0.05) is 24.0 Å². The fourth-order valence-corrected chi connectivity index (χ4v) is 1.94. The highest BCUT2D eigenvalue weighted by Crippen LogP contribution is 2.27. The molecule has 0 bridgehead atoms. The summed E-state index contributed by atoms with van der Waals surface area (Å²) in [5.41, 5.74) is 2.18. The van der Waals surface area contributed by atoms with E-state index in [0.29, 0.717) is 5.92 Å². The van der Waals surface area contributed by atoms with Crippen molar-refractivity contribution < 1.29 is 0 Å². The number of fused-ring (bicyclic) bond motifs is 1. The van der Waals surface area contributed by atoms with Crippen LogP contribution >= 0.6 is 0 Å². The molecule has 3 heteroatoms. The maximum absolute atomic E-state index is 4.76. The van der Waals surface area contributed by atoms with Crippen molar-refractivity contribution in [3.8, 4) is 0 Å². The Bertz CT molecular complexity index is 544. The molecule has 2 aromatic rings. The molecule has 0 aliphatic carbocycles. The van der Waals surface area contributed by atoms with Gasteiger partial charge in [0.25, 0.3) is 0 Å². The van der Waals surface area contributed by atoms with Crippen LogP contribution in [0.3, 0.4) is 0 Å². The Kier molecular flexibility index (Phi) is 2.72. The second-order valence-corrected chi connectivity index (χ2v) is 6.00. The largest absolute Gasteiger partial charge is 0.335 e. The third-order valence-corrected chi connectivity index (χ3v) is 2.97. The summed E-state index contributed by atoms with van der Waals surface area (Å²) in [6.07, 6.45) is 2.05. The average Bonchev–Trinajstić information content (AvgIpc) is 2.58. The molecule has 0 radical (unpaired) electrons. The van der Waals surface area contributed by atoms with E-state index in [0.717, 1.165) is 17.2 Å². The number of hydrogen-bond donors (Lipinski definition) is 0. The Balaban J connectivity index is 2.78. The van der Waals surface area contributed by atoms with E-state index in [9.17, 15) is 0 Å². The van der Waals surface area contributed by atoms with Gasteiger partial charge in [-0.25, -0.2) is 9.97 Å². The van der Waals surface area contributed by atoms with Crippen molar-refractivity contribution in [2.75, 3.05) is 0 Å². The summed E-state index contributed by atoms with van der Waals surface area (Å²) in [4.78, 5) is 9.46. The number of hydrogen-bond acceptors (Lipinski definition) is 2. The highest BCUT2D eigenvalue weighted by Gasteiger charge is 2.21. The lowest BCUT2D eigenvalue weighted by Crippen LogP contribution is -2.18. The molecule has 0 aliphatic rings. The third kappa shape index (κ3) is 2.06. The summed E-state index contributed by atoms with van der Waals surface area (Å²) in [5, 5.41) is 1.18. The van der Waals surface area contributed by atoms with E-state index in [4.69, 9.17) is 9.97 Å². The zero-order valence-electron chi connectivity index (χ0n) is 11.6. The Hall–Kier alpha value is -1.38. The van der Waals surface area contributed by atoms with E-state index in [2.05, 4.69) is 51.4 Å². The fourth-order valence-electron chi connectivity index (χ4n) is 1.94. The van der Waals surface area contributed by atoms with Crippen LogP contribution in [0, 0.1) is 0 Å². The summed E-state index contributed by atoms with van der Waals surface area (Å²) < 4.78 is 2.07. The predicted molar refractivity (Wildman–Crippen MR) is 71.3 cm³/mol. The maximum Gasteiger partial charge on any atom is 0.143 e. The molecule has 2 rings (SSSR count). The van der Waals surface area contributed by atoms with E-state index >= 15 is 0 Å². The molecule has 17 heavy (non-hydrogen) atoms. The van der Waals surface area contributed by atoms with Crippen molar-refractivity contribution in [1.82, 2.24) is 14.5 Å². The standard InChI is InChI=1S/C14H21N3/c1-9(2)11-10-7-8-17(6)12(10)16-13(15-11)14(3,4)5/h7-9H,1-6H3. The van der Waals surface area contributed by atoms with Crippen LogP contribution < -0.4 is 0 Å². The van der Waals surface area contributed by atoms with Crippen molar-refractivity contribution in [3.05, 3.63) is 23.8 Å². The first-order chi connectivity index (χ1) is 7.80. The van der Waals surface area contributed by atoms with Crippen LogP contribution in [-0.2, 0) is 12.5 Å². The van der Waals surface area contributed by atoms with Gasteiger partial charge in [-0.15, -0.1) is 0 Å². The van der Waals surface area contributed by atoms with Crippen molar-refractivity contribution >= 4 is 11.0 Å². The molecule has 0 atom stereocenters. The number of rotatable bonds is 1. The zero-order valence-corrected chi connectivity index (χ0v) is 11.6. The Morgan fingerprint density at radius 3 is 2.35 bits per heavy atom. The van der Waals surface area contributed by atoms with Gasteiger partial charge >= 0.3 is 0 Å². The molecule has 2 heterocycles. The Morgan fingerprint density at radius 1 is 1.18 bits per heavy atom. The molecule has 0 N–H and O–H groups in total. The van der Waals surface area contributed by atoms with Gasteiger partial charge in [0.05, 0.1) is 5.69 Å². The highest BCUT2D eigenvalue weighted by atomic mass is 15.0. The SMILES string of the molecule is CC(C)c1nc(C(C)(C)C)nc2c1ccn2C. The second-order valence-electron chi connectivity index (χ2n) is 6.00. The van der Waals surface area contributed by atoms with Crippen molar-refractivity contribution in [1.29, 1.82) is 0 Å². The van der Waals surface area contributed by atoms with Gasteiger partial charge in [-0.3, -0.25) is 0 Å². The van der Waals surface area contributed by atoms with Crippen LogP contribution in [0.5, 0.6) is 0 Å². The monoisotopic (exact) mass is 231 g/mol. The first-order valence-electron chi connectivity index (χ1n) is 6.14. The molecule has 0 saturated heterocycles. The molecule has 2 aromatic heterocycles. The normalized spacial score (nSPS) is 12.6. The summed E-state index contributed by atoms with van der Waals surface area (Å²) in [6.45, 7) is 10.8. The van der Waals surface area contributed by atoms with E-state index in [1.54, 1.807) is 0 Å². The quantitative estimate of drug-likeness (QED) is 0.753. The van der Waals surface area contributed by atoms with Gasteiger partial charge in [-0.1, -0.05) is 34.6 Å². The molecule has 0 aliphatic heterocycles. The third-order valence-electron chi connectivity index (χ3n) is 2.97. The predicted octanol–water partition coefficient (Wildman–Crippen LogP) is 3.39. The van der Waals surface area contributed by atoms with Gasteiger partial charge in [0.15, 0.2) is 0 Å². The molecule has 92 valence electrons. The van der Waals surface area contributed by atoms with Crippen molar-refractivity contribution in [3.63, 3.8) is 0 Å². The van der Waals surface area contributed by atoms with E-state index < -0.39 is 0 Å². The minimum absolute atomic E-state index is 0.0118. The van der Waals surface area contributed by atoms with Crippen LogP contribution in [0.25, 0.3) is 11.0 Å². The lowest BCUT2D eigenvalue weighted by atomic mass is 9.95.